The molecule has 1 heterocycles. The van der Waals surface area contributed by atoms with Crippen molar-refractivity contribution in [3.8, 4) is 17.2 Å². The van der Waals surface area contributed by atoms with Crippen molar-refractivity contribution in [3.05, 3.63) is 59.7 Å². The van der Waals surface area contributed by atoms with Gasteiger partial charge in [0.25, 0.3) is 5.91 Å². The van der Waals surface area contributed by atoms with Gasteiger partial charge < -0.3 is 13.9 Å². The number of nitrogens with one attached hydrogen (secondary N) is 1. The predicted molar refractivity (Wildman–Crippen MR) is 101 cm³/mol. The largest absolute Gasteiger partial charge is 0.482 e. The van der Waals surface area contributed by atoms with Crippen LogP contribution in [0.4, 0.5) is 6.01 Å². The molecular formula is C20H19N3O5. The maximum absolute atomic E-state index is 11.9. The molecular weight excluding hydrogens is 362 g/mol. The van der Waals surface area contributed by atoms with Crippen LogP contribution in [0.5, 0.6) is 5.75 Å². The molecule has 144 valence electrons. The van der Waals surface area contributed by atoms with Crippen molar-refractivity contribution in [2.45, 2.75) is 13.8 Å². The van der Waals surface area contributed by atoms with Gasteiger partial charge in [-0.2, -0.15) is 0 Å². The molecule has 0 spiro atoms. The molecule has 1 amide bonds. The normalized spacial score (nSPS) is 10.4. The lowest BCUT2D eigenvalue weighted by Gasteiger charge is -2.10. The second-order valence-corrected chi connectivity index (χ2v) is 5.97. The predicted octanol–water partition coefficient (Wildman–Crippen LogP) is 2.91. The van der Waals surface area contributed by atoms with Crippen molar-refractivity contribution in [1.82, 2.24) is 10.2 Å². The van der Waals surface area contributed by atoms with Gasteiger partial charge in [-0.05, 0) is 43.2 Å². The van der Waals surface area contributed by atoms with Gasteiger partial charge in [0.1, 0.15) is 5.75 Å². The van der Waals surface area contributed by atoms with Crippen LogP contribution < -0.4 is 10.1 Å². The Morgan fingerprint density at radius 2 is 1.79 bits per heavy atom. The number of carbonyl (C=O) groups excluding carboxylic acids is 2. The van der Waals surface area contributed by atoms with Crippen LogP contribution in [0.15, 0.2) is 52.9 Å². The Labute approximate surface area is 161 Å². The number of ether oxygens (including phenoxy) is 2. The first-order valence-corrected chi connectivity index (χ1v) is 8.56. The summed E-state index contributed by atoms with van der Waals surface area (Å²) in [4.78, 5) is 23.7. The second kappa shape index (κ2) is 8.81. The Hall–Kier alpha value is -3.68. The number of aromatic nitrogens is 2. The number of esters is 1. The van der Waals surface area contributed by atoms with Crippen molar-refractivity contribution in [2.75, 3.05) is 18.5 Å². The molecule has 3 rings (SSSR count). The van der Waals surface area contributed by atoms with E-state index in [1.165, 1.54) is 0 Å². The fourth-order valence-electron chi connectivity index (χ4n) is 2.33. The van der Waals surface area contributed by atoms with Crippen LogP contribution in [0.1, 0.15) is 11.1 Å². The molecule has 0 unspecified atom stereocenters. The van der Waals surface area contributed by atoms with E-state index in [1.54, 1.807) is 18.2 Å². The maximum atomic E-state index is 11.9. The summed E-state index contributed by atoms with van der Waals surface area (Å²) in [7, 11) is 0. The average molecular weight is 381 g/mol. The van der Waals surface area contributed by atoms with Crippen LogP contribution in [-0.2, 0) is 14.3 Å². The van der Waals surface area contributed by atoms with Gasteiger partial charge in [0.05, 0.1) is 0 Å². The molecule has 0 radical (unpaired) electrons. The Bertz CT molecular complexity index is 969. The van der Waals surface area contributed by atoms with Gasteiger partial charge in [-0.1, -0.05) is 35.4 Å². The molecule has 8 nitrogen and oxygen atoms in total. The van der Waals surface area contributed by atoms with Crippen LogP contribution in [0.2, 0.25) is 0 Å². The summed E-state index contributed by atoms with van der Waals surface area (Å²) in [5.41, 5.74) is 2.73. The molecule has 0 bridgehead atoms. The molecule has 0 aliphatic carbocycles. The summed E-state index contributed by atoms with van der Waals surface area (Å²) in [6.07, 6.45) is 0. The Morgan fingerprint density at radius 3 is 2.57 bits per heavy atom. The van der Waals surface area contributed by atoms with E-state index in [4.69, 9.17) is 13.9 Å². The van der Waals surface area contributed by atoms with Crippen molar-refractivity contribution < 1.29 is 23.5 Å². The van der Waals surface area contributed by atoms with E-state index in [0.29, 0.717) is 5.75 Å². The first-order chi connectivity index (χ1) is 13.5. The van der Waals surface area contributed by atoms with Gasteiger partial charge in [0.2, 0.25) is 5.89 Å². The fraction of sp³-hybridized carbons (Fsp3) is 0.200. The lowest BCUT2D eigenvalue weighted by molar-refractivity contribution is -0.149. The van der Waals surface area contributed by atoms with Gasteiger partial charge in [0, 0.05) is 5.56 Å². The van der Waals surface area contributed by atoms with Crippen molar-refractivity contribution in [2.24, 2.45) is 0 Å². The highest BCUT2D eigenvalue weighted by molar-refractivity contribution is 5.91. The van der Waals surface area contributed by atoms with E-state index in [1.807, 2.05) is 44.2 Å². The molecule has 3 aromatic rings. The number of hydrogen-bond donors (Lipinski definition) is 1. The van der Waals surface area contributed by atoms with Crippen LogP contribution in [0.3, 0.4) is 0 Å². The highest BCUT2D eigenvalue weighted by Crippen LogP contribution is 2.20. The standard InChI is InChI=1S/C20H19N3O5/c1-13-7-6-10-16(14(13)2)26-12-18(25)27-11-17(24)21-20-23-22-19(28-20)15-8-4-3-5-9-15/h3-10H,11-12H2,1-2H3,(H,21,23,24). The molecule has 8 heteroatoms. The number of benzene rings is 2. The highest BCUT2D eigenvalue weighted by Gasteiger charge is 2.14. The summed E-state index contributed by atoms with van der Waals surface area (Å²) >= 11 is 0. The third kappa shape index (κ3) is 4.94. The summed E-state index contributed by atoms with van der Waals surface area (Å²) in [5, 5.41) is 9.97. The number of nitrogens with zero attached hydrogens (tertiary/aromatic N) is 2. The highest BCUT2D eigenvalue weighted by atomic mass is 16.6. The number of anilines is 1. The summed E-state index contributed by atoms with van der Waals surface area (Å²) < 4.78 is 15.7. The Kier molecular flexibility index (Phi) is 6.01. The van der Waals surface area contributed by atoms with E-state index < -0.39 is 18.5 Å². The van der Waals surface area contributed by atoms with Crippen LogP contribution in [-0.4, -0.2) is 35.3 Å². The Morgan fingerprint density at radius 1 is 1.00 bits per heavy atom. The lowest BCUT2D eigenvalue weighted by Crippen LogP contribution is -2.23. The first kappa shape index (κ1) is 19.1. The van der Waals surface area contributed by atoms with Crippen molar-refractivity contribution in [1.29, 1.82) is 0 Å². The molecule has 0 aliphatic rings. The van der Waals surface area contributed by atoms with Gasteiger partial charge >= 0.3 is 12.0 Å². The number of rotatable bonds is 7. The molecule has 28 heavy (non-hydrogen) atoms. The molecule has 2 aromatic carbocycles. The third-order valence-corrected chi connectivity index (χ3v) is 3.96. The number of carbonyl (C=O) groups is 2. The average Bonchev–Trinajstić information content (AvgIpc) is 3.16. The third-order valence-electron chi connectivity index (χ3n) is 3.96. The van der Waals surface area contributed by atoms with Gasteiger partial charge in [-0.3, -0.25) is 10.1 Å². The smallest absolute Gasteiger partial charge is 0.344 e. The van der Waals surface area contributed by atoms with Gasteiger partial charge in [0.15, 0.2) is 13.2 Å². The monoisotopic (exact) mass is 381 g/mol. The quantitative estimate of drug-likeness (QED) is 0.628. The maximum Gasteiger partial charge on any atom is 0.344 e. The van der Waals surface area contributed by atoms with Crippen LogP contribution in [0, 0.1) is 13.8 Å². The SMILES string of the molecule is Cc1cccc(OCC(=O)OCC(=O)Nc2nnc(-c3ccccc3)o2)c1C. The minimum absolute atomic E-state index is 0.0773. The Balaban J connectivity index is 1.45. The zero-order valence-electron chi connectivity index (χ0n) is 15.5. The molecule has 0 atom stereocenters. The van der Waals surface area contributed by atoms with Gasteiger partial charge in [-0.25, -0.2) is 4.79 Å². The van der Waals surface area contributed by atoms with E-state index in [2.05, 4.69) is 15.5 Å². The van der Waals surface area contributed by atoms with Crippen molar-refractivity contribution in [3.63, 3.8) is 0 Å². The van der Waals surface area contributed by atoms with E-state index >= 15 is 0 Å². The van der Waals surface area contributed by atoms with E-state index in [0.717, 1.165) is 16.7 Å². The number of hydrogen-bond acceptors (Lipinski definition) is 7. The number of amides is 1. The summed E-state index contributed by atoms with van der Waals surface area (Å²) in [6.45, 7) is 3.07. The number of aryl methyl sites for hydroxylation is 1. The van der Waals surface area contributed by atoms with Crippen molar-refractivity contribution >= 4 is 17.9 Å². The van der Waals surface area contributed by atoms with Crippen LogP contribution >= 0.6 is 0 Å². The van der Waals surface area contributed by atoms with Crippen LogP contribution in [0.25, 0.3) is 11.5 Å². The molecule has 0 saturated heterocycles. The molecule has 0 aliphatic heterocycles. The zero-order valence-corrected chi connectivity index (χ0v) is 15.5. The lowest BCUT2D eigenvalue weighted by atomic mass is 10.1. The molecule has 1 aromatic heterocycles. The fourth-order valence-corrected chi connectivity index (χ4v) is 2.33. The zero-order chi connectivity index (χ0) is 19.9. The molecule has 1 N–H and O–H groups in total. The molecule has 0 fully saturated rings. The topological polar surface area (TPSA) is 104 Å². The molecule has 0 saturated carbocycles. The van der Waals surface area contributed by atoms with E-state index in [-0.39, 0.29) is 18.5 Å². The summed E-state index contributed by atoms with van der Waals surface area (Å²) in [5.74, 6) is -0.384. The summed E-state index contributed by atoms with van der Waals surface area (Å²) in [6, 6.07) is 14.6. The second-order valence-electron chi connectivity index (χ2n) is 5.97. The minimum atomic E-state index is -0.661. The van der Waals surface area contributed by atoms with Gasteiger partial charge in [-0.15, -0.1) is 5.10 Å². The first-order valence-electron chi connectivity index (χ1n) is 8.56. The minimum Gasteiger partial charge on any atom is -0.482 e. The van der Waals surface area contributed by atoms with E-state index in [9.17, 15) is 9.59 Å².